The molecule has 0 bridgehead atoms. The lowest BCUT2D eigenvalue weighted by atomic mass is 10.1. The Morgan fingerprint density at radius 1 is 1.44 bits per heavy atom. The van der Waals surface area contributed by atoms with Gasteiger partial charge in [-0.05, 0) is 0 Å². The van der Waals surface area contributed by atoms with E-state index in [1.807, 2.05) is 20.0 Å². The van der Waals surface area contributed by atoms with Crippen LogP contribution in [0.15, 0.2) is 6.20 Å². The predicted molar refractivity (Wildman–Crippen MR) is 61.8 cm³/mol. The number of nitrogens with one attached hydrogen (secondary N) is 1. The normalized spacial score (nSPS) is 11.4. The van der Waals surface area contributed by atoms with E-state index in [1.54, 1.807) is 4.68 Å². The van der Waals surface area contributed by atoms with Gasteiger partial charge < -0.3 is 5.32 Å². The van der Waals surface area contributed by atoms with Crippen LogP contribution in [0.25, 0.3) is 0 Å². The fourth-order valence-corrected chi connectivity index (χ4v) is 1.15. The average Bonchev–Trinajstić information content (AvgIpc) is 2.62. The minimum absolute atomic E-state index is 0.0430. The van der Waals surface area contributed by atoms with Crippen molar-refractivity contribution in [1.82, 2.24) is 20.3 Å². The topological polar surface area (TPSA) is 59.8 Å². The third-order valence-corrected chi connectivity index (χ3v) is 2.24. The van der Waals surface area contributed by atoms with Crippen molar-refractivity contribution in [3.05, 3.63) is 11.9 Å². The molecule has 0 aliphatic heterocycles. The number of hydrogen-bond acceptors (Lipinski definition) is 4. The van der Waals surface area contributed by atoms with E-state index in [0.717, 1.165) is 5.69 Å². The predicted octanol–water partition coefficient (Wildman–Crippen LogP) is 1.00. The van der Waals surface area contributed by atoms with Gasteiger partial charge in [-0.15, -0.1) is 5.10 Å². The van der Waals surface area contributed by atoms with Crippen LogP contribution in [0.3, 0.4) is 0 Å². The Kier molecular flexibility index (Phi) is 4.61. The van der Waals surface area contributed by atoms with Crippen molar-refractivity contribution in [2.24, 2.45) is 5.92 Å². The highest BCUT2D eigenvalue weighted by Gasteiger charge is 2.09. The molecule has 0 atom stereocenters. The summed E-state index contributed by atoms with van der Waals surface area (Å²) in [6, 6.07) is 0.419. The molecule has 1 rings (SSSR count). The molecule has 0 aliphatic carbocycles. The molecule has 0 saturated carbocycles. The molecular weight excluding hydrogens is 204 g/mol. The standard InChI is InChI=1S/C11H20N4O/c1-8(2)11(16)7-15-6-10(13-14-15)5-12-9(3)4/h6,8-9,12H,5,7H2,1-4H3. The lowest BCUT2D eigenvalue weighted by Gasteiger charge is -2.04. The molecule has 0 fully saturated rings. The molecule has 16 heavy (non-hydrogen) atoms. The molecule has 0 aromatic carbocycles. The second kappa shape index (κ2) is 5.75. The Morgan fingerprint density at radius 3 is 2.69 bits per heavy atom. The average molecular weight is 224 g/mol. The van der Waals surface area contributed by atoms with Crippen LogP contribution in [0, 0.1) is 5.92 Å². The second-order valence-corrected chi connectivity index (χ2v) is 4.56. The molecule has 1 heterocycles. The zero-order valence-corrected chi connectivity index (χ0v) is 10.4. The molecule has 5 heteroatoms. The Labute approximate surface area is 96.2 Å². The summed E-state index contributed by atoms with van der Waals surface area (Å²) >= 11 is 0. The number of aromatic nitrogens is 3. The lowest BCUT2D eigenvalue weighted by molar-refractivity contribution is -0.122. The van der Waals surface area contributed by atoms with Crippen molar-refractivity contribution in [3.8, 4) is 0 Å². The summed E-state index contributed by atoms with van der Waals surface area (Å²) in [5, 5.41) is 11.2. The molecule has 1 aromatic rings. The van der Waals surface area contributed by atoms with Crippen LogP contribution >= 0.6 is 0 Å². The highest BCUT2D eigenvalue weighted by Crippen LogP contribution is 1.99. The Balaban J connectivity index is 2.48. The number of rotatable bonds is 6. The van der Waals surface area contributed by atoms with Crippen molar-refractivity contribution in [3.63, 3.8) is 0 Å². The highest BCUT2D eigenvalue weighted by atomic mass is 16.1. The molecule has 0 aliphatic rings. The van der Waals surface area contributed by atoms with Crippen LogP contribution < -0.4 is 5.32 Å². The Bertz CT molecular complexity index is 344. The SMILES string of the molecule is CC(C)NCc1cn(CC(=O)C(C)C)nn1. The minimum Gasteiger partial charge on any atom is -0.309 e. The zero-order valence-electron chi connectivity index (χ0n) is 10.4. The minimum atomic E-state index is 0.0430. The first-order chi connectivity index (χ1) is 7.49. The number of Topliss-reactive ketones (excluding diaryl/α,β-unsaturated/α-hetero) is 1. The van der Waals surface area contributed by atoms with Gasteiger partial charge in [0.25, 0.3) is 0 Å². The third-order valence-electron chi connectivity index (χ3n) is 2.24. The maximum absolute atomic E-state index is 11.5. The summed E-state index contributed by atoms with van der Waals surface area (Å²) < 4.78 is 1.60. The van der Waals surface area contributed by atoms with E-state index >= 15 is 0 Å². The molecule has 1 aromatic heterocycles. The molecular formula is C11H20N4O. The van der Waals surface area contributed by atoms with Crippen LogP contribution in [0.1, 0.15) is 33.4 Å². The first-order valence-electron chi connectivity index (χ1n) is 5.64. The number of hydrogen-bond donors (Lipinski definition) is 1. The number of nitrogens with zero attached hydrogens (tertiary/aromatic N) is 3. The van der Waals surface area contributed by atoms with Gasteiger partial charge in [-0.3, -0.25) is 4.79 Å². The van der Waals surface area contributed by atoms with E-state index in [1.165, 1.54) is 0 Å². The summed E-state index contributed by atoms with van der Waals surface area (Å²) in [7, 11) is 0. The Morgan fingerprint density at radius 2 is 2.12 bits per heavy atom. The maximum atomic E-state index is 11.5. The molecule has 0 unspecified atom stereocenters. The van der Waals surface area contributed by atoms with Gasteiger partial charge in [0.15, 0.2) is 5.78 Å². The van der Waals surface area contributed by atoms with Gasteiger partial charge in [0.2, 0.25) is 0 Å². The molecule has 90 valence electrons. The maximum Gasteiger partial charge on any atom is 0.156 e. The highest BCUT2D eigenvalue weighted by molar-refractivity contribution is 5.79. The quantitative estimate of drug-likeness (QED) is 0.783. The molecule has 0 radical (unpaired) electrons. The van der Waals surface area contributed by atoms with E-state index in [-0.39, 0.29) is 11.7 Å². The Hall–Kier alpha value is -1.23. The summed E-state index contributed by atoms with van der Waals surface area (Å²) in [4.78, 5) is 11.5. The van der Waals surface area contributed by atoms with Crippen molar-refractivity contribution >= 4 is 5.78 Å². The van der Waals surface area contributed by atoms with Gasteiger partial charge in [0.1, 0.15) is 6.54 Å². The fourth-order valence-electron chi connectivity index (χ4n) is 1.15. The van der Waals surface area contributed by atoms with Gasteiger partial charge >= 0.3 is 0 Å². The first-order valence-corrected chi connectivity index (χ1v) is 5.64. The summed E-state index contributed by atoms with van der Waals surface area (Å²) in [5.74, 6) is 0.217. The van der Waals surface area contributed by atoms with E-state index in [9.17, 15) is 4.79 Å². The van der Waals surface area contributed by atoms with E-state index in [0.29, 0.717) is 19.1 Å². The van der Waals surface area contributed by atoms with Gasteiger partial charge in [-0.1, -0.05) is 32.9 Å². The molecule has 0 spiro atoms. The fraction of sp³-hybridized carbons (Fsp3) is 0.727. The van der Waals surface area contributed by atoms with Crippen LogP contribution in [-0.2, 0) is 17.9 Å². The van der Waals surface area contributed by atoms with Crippen molar-refractivity contribution in [2.45, 2.75) is 46.8 Å². The number of ketones is 1. The molecule has 0 amide bonds. The smallest absolute Gasteiger partial charge is 0.156 e. The lowest BCUT2D eigenvalue weighted by Crippen LogP contribution is -2.22. The zero-order chi connectivity index (χ0) is 12.1. The van der Waals surface area contributed by atoms with Crippen LogP contribution in [0.5, 0.6) is 0 Å². The van der Waals surface area contributed by atoms with E-state index in [2.05, 4.69) is 29.5 Å². The second-order valence-electron chi connectivity index (χ2n) is 4.56. The molecule has 1 N–H and O–H groups in total. The number of carbonyl (C=O) groups is 1. The van der Waals surface area contributed by atoms with Crippen molar-refractivity contribution in [1.29, 1.82) is 0 Å². The van der Waals surface area contributed by atoms with Gasteiger partial charge in [0.05, 0.1) is 11.9 Å². The summed E-state index contributed by atoms with van der Waals surface area (Å²) in [6.45, 7) is 8.93. The third kappa shape index (κ3) is 4.10. The molecule has 5 nitrogen and oxygen atoms in total. The van der Waals surface area contributed by atoms with Crippen molar-refractivity contribution in [2.75, 3.05) is 0 Å². The van der Waals surface area contributed by atoms with Gasteiger partial charge in [-0.2, -0.15) is 0 Å². The van der Waals surface area contributed by atoms with Gasteiger partial charge in [-0.25, -0.2) is 4.68 Å². The van der Waals surface area contributed by atoms with Crippen LogP contribution in [-0.4, -0.2) is 26.8 Å². The van der Waals surface area contributed by atoms with Crippen LogP contribution in [0.2, 0.25) is 0 Å². The van der Waals surface area contributed by atoms with Crippen LogP contribution in [0.4, 0.5) is 0 Å². The number of carbonyl (C=O) groups excluding carboxylic acids is 1. The summed E-state index contributed by atoms with van der Waals surface area (Å²) in [5.41, 5.74) is 0.866. The summed E-state index contributed by atoms with van der Waals surface area (Å²) in [6.07, 6.45) is 1.82. The van der Waals surface area contributed by atoms with Gasteiger partial charge in [0, 0.05) is 18.5 Å². The largest absolute Gasteiger partial charge is 0.309 e. The van der Waals surface area contributed by atoms with E-state index < -0.39 is 0 Å². The van der Waals surface area contributed by atoms with Crippen molar-refractivity contribution < 1.29 is 4.79 Å². The monoisotopic (exact) mass is 224 g/mol. The first kappa shape index (κ1) is 12.8. The van der Waals surface area contributed by atoms with E-state index in [4.69, 9.17) is 0 Å². The molecule has 0 saturated heterocycles.